The molecule has 1 heterocycles. The van der Waals surface area contributed by atoms with Crippen LogP contribution in [0.5, 0.6) is 0 Å². The first kappa shape index (κ1) is 18.3. The fraction of sp³-hybridized carbons (Fsp3) is 0.471. The van der Waals surface area contributed by atoms with Gasteiger partial charge in [0.2, 0.25) is 17.7 Å². The molecule has 0 saturated carbocycles. The van der Waals surface area contributed by atoms with E-state index in [1.165, 1.54) is 6.92 Å². The zero-order valence-corrected chi connectivity index (χ0v) is 14.6. The summed E-state index contributed by atoms with van der Waals surface area (Å²) in [5.74, 6) is -0.490. The van der Waals surface area contributed by atoms with E-state index >= 15 is 0 Å². The Hall–Kier alpha value is -2.08. The molecule has 6 nitrogen and oxygen atoms in total. The highest BCUT2D eigenvalue weighted by Crippen LogP contribution is 2.22. The predicted octanol–water partition coefficient (Wildman–Crippen LogP) is 1.64. The zero-order valence-electron chi connectivity index (χ0n) is 13.8. The van der Waals surface area contributed by atoms with Crippen molar-refractivity contribution in [2.75, 3.05) is 13.1 Å². The van der Waals surface area contributed by atoms with Crippen molar-refractivity contribution < 1.29 is 14.4 Å². The number of nitrogens with zero attached hydrogens (tertiary/aromatic N) is 1. The van der Waals surface area contributed by atoms with Gasteiger partial charge in [-0.05, 0) is 24.1 Å². The number of hydrogen-bond acceptors (Lipinski definition) is 3. The van der Waals surface area contributed by atoms with Gasteiger partial charge in [-0.2, -0.15) is 0 Å². The largest absolute Gasteiger partial charge is 0.353 e. The number of nitrogens with one attached hydrogen (secondary N) is 2. The van der Waals surface area contributed by atoms with Crippen molar-refractivity contribution in [2.24, 2.45) is 0 Å². The number of hydrogen-bond donors (Lipinski definition) is 2. The zero-order chi connectivity index (χ0) is 17.7. The second kappa shape index (κ2) is 8.15. The Morgan fingerprint density at radius 2 is 2.04 bits per heavy atom. The Morgan fingerprint density at radius 1 is 1.38 bits per heavy atom. The number of amides is 3. The molecule has 3 amide bonds. The molecule has 0 aliphatic carbocycles. The fourth-order valence-electron chi connectivity index (χ4n) is 2.90. The van der Waals surface area contributed by atoms with Crippen molar-refractivity contribution in [1.29, 1.82) is 0 Å². The average Bonchev–Trinajstić information content (AvgIpc) is 2.54. The van der Waals surface area contributed by atoms with E-state index in [2.05, 4.69) is 10.6 Å². The van der Waals surface area contributed by atoms with Crippen LogP contribution in [0.1, 0.15) is 38.3 Å². The van der Waals surface area contributed by atoms with E-state index in [1.54, 1.807) is 29.2 Å². The van der Waals surface area contributed by atoms with Crippen molar-refractivity contribution in [3.8, 4) is 0 Å². The van der Waals surface area contributed by atoms with Crippen LogP contribution < -0.4 is 10.6 Å². The van der Waals surface area contributed by atoms with Gasteiger partial charge in [-0.15, -0.1) is 0 Å². The molecule has 0 radical (unpaired) electrons. The Kier molecular flexibility index (Phi) is 6.20. The number of halogens is 1. The molecule has 2 N–H and O–H groups in total. The van der Waals surface area contributed by atoms with Gasteiger partial charge in [0.1, 0.15) is 6.04 Å². The minimum absolute atomic E-state index is 0.102. The van der Waals surface area contributed by atoms with Gasteiger partial charge in [-0.3, -0.25) is 14.4 Å². The standard InChI is InChI=1S/C17H22ClN3O3/c1-3-15-17(24)19-8-9-21(15)16(23)10-14(20-11(2)22)12-4-6-13(18)7-5-12/h4-7,14-15H,3,8-10H2,1-2H3,(H,19,24)(H,20,22). The smallest absolute Gasteiger partial charge is 0.242 e. The summed E-state index contributed by atoms with van der Waals surface area (Å²) in [6.07, 6.45) is 0.661. The first-order valence-corrected chi connectivity index (χ1v) is 8.40. The van der Waals surface area contributed by atoms with Gasteiger partial charge in [-0.1, -0.05) is 30.7 Å². The topological polar surface area (TPSA) is 78.5 Å². The molecule has 1 saturated heterocycles. The first-order chi connectivity index (χ1) is 11.4. The molecule has 2 unspecified atom stereocenters. The molecule has 1 aliphatic heterocycles. The number of carbonyl (C=O) groups is 3. The van der Waals surface area contributed by atoms with Gasteiger partial charge in [0.15, 0.2) is 0 Å². The molecule has 24 heavy (non-hydrogen) atoms. The van der Waals surface area contributed by atoms with Crippen LogP contribution in [0.2, 0.25) is 5.02 Å². The maximum Gasteiger partial charge on any atom is 0.242 e. The van der Waals surface area contributed by atoms with E-state index in [4.69, 9.17) is 11.6 Å². The Labute approximate surface area is 146 Å². The summed E-state index contributed by atoms with van der Waals surface area (Å²) >= 11 is 5.90. The molecule has 7 heteroatoms. The molecule has 1 aromatic carbocycles. The molecule has 1 aliphatic rings. The summed E-state index contributed by atoms with van der Waals surface area (Å²) in [6, 6.07) is 6.12. The summed E-state index contributed by atoms with van der Waals surface area (Å²) in [6.45, 7) is 4.22. The van der Waals surface area contributed by atoms with Crippen LogP contribution in [-0.4, -0.2) is 41.8 Å². The molecule has 0 bridgehead atoms. The average molecular weight is 352 g/mol. The van der Waals surface area contributed by atoms with Crippen LogP contribution in [0.4, 0.5) is 0 Å². The molecule has 130 valence electrons. The Balaban J connectivity index is 2.15. The molecular weight excluding hydrogens is 330 g/mol. The summed E-state index contributed by atoms with van der Waals surface area (Å²) in [5.41, 5.74) is 0.803. The van der Waals surface area contributed by atoms with Gasteiger partial charge in [0.05, 0.1) is 12.5 Å². The van der Waals surface area contributed by atoms with E-state index in [0.29, 0.717) is 24.5 Å². The van der Waals surface area contributed by atoms with Crippen molar-refractivity contribution in [1.82, 2.24) is 15.5 Å². The normalized spacial score (nSPS) is 18.7. The van der Waals surface area contributed by atoms with E-state index < -0.39 is 12.1 Å². The lowest BCUT2D eigenvalue weighted by Gasteiger charge is -2.35. The minimum atomic E-state index is -0.450. The number of rotatable bonds is 5. The maximum absolute atomic E-state index is 12.7. The van der Waals surface area contributed by atoms with Crippen LogP contribution in [0.25, 0.3) is 0 Å². The molecule has 2 rings (SSSR count). The van der Waals surface area contributed by atoms with Gasteiger partial charge in [-0.25, -0.2) is 0 Å². The van der Waals surface area contributed by atoms with Crippen LogP contribution in [0, 0.1) is 0 Å². The third-order valence-corrected chi connectivity index (χ3v) is 4.32. The molecule has 1 fully saturated rings. The third-order valence-electron chi connectivity index (χ3n) is 4.07. The minimum Gasteiger partial charge on any atom is -0.353 e. The predicted molar refractivity (Wildman–Crippen MR) is 91.4 cm³/mol. The van der Waals surface area contributed by atoms with Gasteiger partial charge in [0.25, 0.3) is 0 Å². The van der Waals surface area contributed by atoms with Gasteiger partial charge in [0, 0.05) is 25.0 Å². The Bertz CT molecular complexity index is 618. The van der Waals surface area contributed by atoms with Crippen LogP contribution in [0.3, 0.4) is 0 Å². The van der Waals surface area contributed by atoms with E-state index in [1.807, 2.05) is 6.92 Å². The SMILES string of the molecule is CCC1C(=O)NCCN1C(=O)CC(NC(C)=O)c1ccc(Cl)cc1. The summed E-state index contributed by atoms with van der Waals surface area (Å²) in [5, 5.41) is 6.16. The second-order valence-electron chi connectivity index (χ2n) is 5.81. The van der Waals surface area contributed by atoms with Crippen molar-refractivity contribution >= 4 is 29.3 Å². The molecular formula is C17H22ClN3O3. The lowest BCUT2D eigenvalue weighted by molar-refractivity contribution is -0.143. The fourth-order valence-corrected chi connectivity index (χ4v) is 3.03. The van der Waals surface area contributed by atoms with Crippen molar-refractivity contribution in [3.63, 3.8) is 0 Å². The third kappa shape index (κ3) is 4.47. The van der Waals surface area contributed by atoms with Crippen LogP contribution in [0.15, 0.2) is 24.3 Å². The van der Waals surface area contributed by atoms with Gasteiger partial charge < -0.3 is 15.5 Å². The maximum atomic E-state index is 12.7. The highest BCUT2D eigenvalue weighted by atomic mass is 35.5. The lowest BCUT2D eigenvalue weighted by Crippen LogP contribution is -2.57. The molecule has 2 atom stereocenters. The van der Waals surface area contributed by atoms with E-state index in [-0.39, 0.29) is 24.1 Å². The summed E-state index contributed by atoms with van der Waals surface area (Å²) in [4.78, 5) is 37.7. The van der Waals surface area contributed by atoms with Crippen molar-refractivity contribution in [2.45, 2.75) is 38.8 Å². The monoisotopic (exact) mass is 351 g/mol. The number of piperazine rings is 1. The summed E-state index contributed by atoms with van der Waals surface area (Å²) < 4.78 is 0. The summed E-state index contributed by atoms with van der Waals surface area (Å²) in [7, 11) is 0. The quantitative estimate of drug-likeness (QED) is 0.846. The second-order valence-corrected chi connectivity index (χ2v) is 6.25. The highest BCUT2D eigenvalue weighted by molar-refractivity contribution is 6.30. The van der Waals surface area contributed by atoms with E-state index in [0.717, 1.165) is 5.56 Å². The lowest BCUT2D eigenvalue weighted by atomic mass is 10.0. The Morgan fingerprint density at radius 3 is 2.62 bits per heavy atom. The van der Waals surface area contributed by atoms with Crippen molar-refractivity contribution in [3.05, 3.63) is 34.9 Å². The first-order valence-electron chi connectivity index (χ1n) is 8.02. The molecule has 1 aromatic rings. The highest BCUT2D eigenvalue weighted by Gasteiger charge is 2.32. The van der Waals surface area contributed by atoms with Gasteiger partial charge >= 0.3 is 0 Å². The number of carbonyl (C=O) groups excluding carboxylic acids is 3. The molecule has 0 aromatic heterocycles. The van der Waals surface area contributed by atoms with Crippen LogP contribution >= 0.6 is 11.6 Å². The number of benzene rings is 1. The molecule has 0 spiro atoms. The van der Waals surface area contributed by atoms with Crippen LogP contribution in [-0.2, 0) is 14.4 Å². The van der Waals surface area contributed by atoms with E-state index in [9.17, 15) is 14.4 Å².